The van der Waals surface area contributed by atoms with Crippen LogP contribution in [0.5, 0.6) is 11.6 Å². The third-order valence-corrected chi connectivity index (χ3v) is 3.11. The molecule has 4 heteroatoms. The summed E-state index contributed by atoms with van der Waals surface area (Å²) in [5, 5.41) is 0. The summed E-state index contributed by atoms with van der Waals surface area (Å²) >= 11 is 0. The van der Waals surface area contributed by atoms with E-state index in [-0.39, 0.29) is 0 Å². The molecule has 0 radical (unpaired) electrons. The van der Waals surface area contributed by atoms with Gasteiger partial charge in [0.05, 0.1) is 11.0 Å². The maximum Gasteiger partial charge on any atom is 0.263 e. The molecule has 1 heterocycles. The second-order valence-electron chi connectivity index (χ2n) is 4.77. The molecule has 0 unspecified atom stereocenters. The number of hydrogen-bond acceptors (Lipinski definition) is 4. The van der Waals surface area contributed by atoms with E-state index in [4.69, 9.17) is 10.5 Å². The summed E-state index contributed by atoms with van der Waals surface area (Å²) in [5.41, 5.74) is 9.61. The van der Waals surface area contributed by atoms with E-state index < -0.39 is 0 Å². The highest BCUT2D eigenvalue weighted by Gasteiger charge is 2.09. The number of nitrogen functional groups attached to an aromatic ring is 1. The number of anilines is 1. The number of para-hydroxylation sites is 2. The molecule has 0 bridgehead atoms. The Morgan fingerprint density at radius 3 is 2.40 bits per heavy atom. The summed E-state index contributed by atoms with van der Waals surface area (Å²) < 4.78 is 5.83. The van der Waals surface area contributed by atoms with Crippen molar-refractivity contribution in [2.75, 3.05) is 5.73 Å². The van der Waals surface area contributed by atoms with Crippen LogP contribution in [0.25, 0.3) is 11.0 Å². The molecule has 100 valence electrons. The molecule has 0 atom stereocenters. The largest absolute Gasteiger partial charge is 0.436 e. The van der Waals surface area contributed by atoms with Crippen molar-refractivity contribution in [2.45, 2.75) is 13.8 Å². The standard InChI is InChI=1S/C16H15N3O/c1-10-7-8-11(2)14(9-10)20-16-15(17)18-12-5-3-4-6-13(12)19-16/h3-9H,1-2H3,(H2,17,18). The monoisotopic (exact) mass is 265 g/mol. The first kappa shape index (κ1) is 12.4. The summed E-state index contributed by atoms with van der Waals surface area (Å²) in [6.45, 7) is 4.00. The molecule has 4 nitrogen and oxygen atoms in total. The van der Waals surface area contributed by atoms with Crippen LogP contribution in [0.3, 0.4) is 0 Å². The lowest BCUT2D eigenvalue weighted by Gasteiger charge is -2.10. The Morgan fingerprint density at radius 1 is 0.950 bits per heavy atom. The number of rotatable bonds is 2. The van der Waals surface area contributed by atoms with Gasteiger partial charge in [0.15, 0.2) is 5.82 Å². The molecule has 0 aliphatic rings. The minimum absolute atomic E-state index is 0.296. The first-order valence-electron chi connectivity index (χ1n) is 6.41. The van der Waals surface area contributed by atoms with Crippen LogP contribution in [-0.4, -0.2) is 9.97 Å². The number of aromatic nitrogens is 2. The summed E-state index contributed by atoms with van der Waals surface area (Å²) in [7, 11) is 0. The van der Waals surface area contributed by atoms with Crippen LogP contribution in [0.4, 0.5) is 5.82 Å². The normalized spacial score (nSPS) is 10.7. The lowest BCUT2D eigenvalue weighted by Crippen LogP contribution is -2.00. The first-order chi connectivity index (χ1) is 9.63. The molecule has 0 saturated carbocycles. The van der Waals surface area contributed by atoms with Crippen molar-refractivity contribution in [3.05, 3.63) is 53.6 Å². The van der Waals surface area contributed by atoms with Crippen molar-refractivity contribution < 1.29 is 4.74 Å². The van der Waals surface area contributed by atoms with E-state index >= 15 is 0 Å². The molecule has 0 saturated heterocycles. The number of aryl methyl sites for hydroxylation is 2. The lowest BCUT2D eigenvalue weighted by molar-refractivity contribution is 0.462. The highest BCUT2D eigenvalue weighted by molar-refractivity contribution is 5.76. The smallest absolute Gasteiger partial charge is 0.263 e. The van der Waals surface area contributed by atoms with Gasteiger partial charge in [-0.1, -0.05) is 24.3 Å². The Bertz CT molecular complexity index is 784. The Kier molecular flexibility index (Phi) is 2.99. The van der Waals surface area contributed by atoms with Gasteiger partial charge >= 0.3 is 0 Å². The zero-order valence-electron chi connectivity index (χ0n) is 11.4. The van der Waals surface area contributed by atoms with E-state index in [2.05, 4.69) is 9.97 Å². The number of benzene rings is 2. The van der Waals surface area contributed by atoms with Gasteiger partial charge in [-0.15, -0.1) is 0 Å². The summed E-state index contributed by atoms with van der Waals surface area (Å²) in [5.74, 6) is 1.39. The van der Waals surface area contributed by atoms with Crippen molar-refractivity contribution >= 4 is 16.9 Å². The molecule has 2 aromatic carbocycles. The SMILES string of the molecule is Cc1ccc(C)c(Oc2nc3ccccc3nc2N)c1. The molecule has 20 heavy (non-hydrogen) atoms. The molecule has 3 rings (SSSR count). The Hall–Kier alpha value is -2.62. The minimum atomic E-state index is 0.296. The summed E-state index contributed by atoms with van der Waals surface area (Å²) in [6.07, 6.45) is 0. The molecule has 0 aliphatic heterocycles. The number of ether oxygens (including phenoxy) is 1. The van der Waals surface area contributed by atoms with Crippen LogP contribution in [-0.2, 0) is 0 Å². The zero-order chi connectivity index (χ0) is 14.1. The van der Waals surface area contributed by atoms with Crippen molar-refractivity contribution in [1.29, 1.82) is 0 Å². The van der Waals surface area contributed by atoms with Gasteiger partial charge in [0.25, 0.3) is 5.88 Å². The van der Waals surface area contributed by atoms with Gasteiger partial charge in [0.2, 0.25) is 0 Å². The van der Waals surface area contributed by atoms with Crippen LogP contribution in [0.15, 0.2) is 42.5 Å². The molecular weight excluding hydrogens is 250 g/mol. The fraction of sp³-hybridized carbons (Fsp3) is 0.125. The van der Waals surface area contributed by atoms with Crippen LogP contribution >= 0.6 is 0 Å². The Labute approximate surface area is 117 Å². The molecule has 0 amide bonds. The molecule has 3 aromatic rings. The van der Waals surface area contributed by atoms with Crippen molar-refractivity contribution in [3.8, 4) is 11.6 Å². The summed E-state index contributed by atoms with van der Waals surface area (Å²) in [6, 6.07) is 13.6. The molecule has 1 aromatic heterocycles. The quantitative estimate of drug-likeness (QED) is 0.768. The minimum Gasteiger partial charge on any atom is -0.436 e. The number of fused-ring (bicyclic) bond motifs is 1. The lowest BCUT2D eigenvalue weighted by atomic mass is 10.1. The molecular formula is C16H15N3O. The van der Waals surface area contributed by atoms with Crippen LogP contribution in [0.2, 0.25) is 0 Å². The molecule has 0 aliphatic carbocycles. The Morgan fingerprint density at radius 2 is 1.65 bits per heavy atom. The van der Waals surface area contributed by atoms with E-state index in [1.54, 1.807) is 0 Å². The predicted molar refractivity (Wildman–Crippen MR) is 79.9 cm³/mol. The third kappa shape index (κ3) is 2.28. The molecule has 0 spiro atoms. The van der Waals surface area contributed by atoms with E-state index in [0.717, 1.165) is 27.9 Å². The van der Waals surface area contributed by atoms with Crippen LogP contribution < -0.4 is 10.5 Å². The van der Waals surface area contributed by atoms with E-state index in [1.165, 1.54) is 0 Å². The fourth-order valence-electron chi connectivity index (χ4n) is 1.99. The van der Waals surface area contributed by atoms with Gasteiger partial charge in [-0.25, -0.2) is 9.97 Å². The highest BCUT2D eigenvalue weighted by Crippen LogP contribution is 2.29. The van der Waals surface area contributed by atoms with E-state index in [1.807, 2.05) is 56.3 Å². The maximum absolute atomic E-state index is 5.92. The predicted octanol–water partition coefficient (Wildman–Crippen LogP) is 3.62. The molecule has 2 N–H and O–H groups in total. The topological polar surface area (TPSA) is 61.0 Å². The number of nitrogens with zero attached hydrogens (tertiary/aromatic N) is 2. The van der Waals surface area contributed by atoms with Gasteiger partial charge in [-0.2, -0.15) is 0 Å². The first-order valence-corrected chi connectivity index (χ1v) is 6.41. The van der Waals surface area contributed by atoms with Crippen molar-refractivity contribution in [1.82, 2.24) is 9.97 Å². The summed E-state index contributed by atoms with van der Waals surface area (Å²) in [4.78, 5) is 8.75. The Balaban J connectivity index is 2.06. The van der Waals surface area contributed by atoms with E-state index in [0.29, 0.717) is 11.7 Å². The average molecular weight is 265 g/mol. The average Bonchev–Trinajstić information content (AvgIpc) is 2.43. The van der Waals surface area contributed by atoms with Crippen LogP contribution in [0, 0.1) is 13.8 Å². The zero-order valence-corrected chi connectivity index (χ0v) is 11.4. The number of hydrogen-bond donors (Lipinski definition) is 1. The maximum atomic E-state index is 5.92. The van der Waals surface area contributed by atoms with E-state index in [9.17, 15) is 0 Å². The third-order valence-electron chi connectivity index (χ3n) is 3.11. The van der Waals surface area contributed by atoms with Gasteiger partial charge in [0.1, 0.15) is 5.75 Å². The van der Waals surface area contributed by atoms with Gasteiger partial charge in [-0.05, 0) is 43.2 Å². The van der Waals surface area contributed by atoms with Crippen molar-refractivity contribution in [3.63, 3.8) is 0 Å². The fourth-order valence-corrected chi connectivity index (χ4v) is 1.99. The molecule has 0 fully saturated rings. The highest BCUT2D eigenvalue weighted by atomic mass is 16.5. The van der Waals surface area contributed by atoms with Gasteiger partial charge in [0, 0.05) is 0 Å². The van der Waals surface area contributed by atoms with Gasteiger partial charge in [-0.3, -0.25) is 0 Å². The van der Waals surface area contributed by atoms with Gasteiger partial charge < -0.3 is 10.5 Å². The number of nitrogens with two attached hydrogens (primary N) is 1. The van der Waals surface area contributed by atoms with Crippen LogP contribution in [0.1, 0.15) is 11.1 Å². The van der Waals surface area contributed by atoms with Crippen molar-refractivity contribution in [2.24, 2.45) is 0 Å². The second-order valence-corrected chi connectivity index (χ2v) is 4.77. The second kappa shape index (κ2) is 4.81.